The number of ether oxygens (including phenoxy) is 1. The molecule has 0 radical (unpaired) electrons. The molecular weight excluding hydrogens is 472 g/mol. The van der Waals surface area contributed by atoms with Gasteiger partial charge in [0.25, 0.3) is 0 Å². The van der Waals surface area contributed by atoms with Crippen molar-refractivity contribution in [3.05, 3.63) is 77.7 Å². The minimum atomic E-state index is -0.900. The predicted molar refractivity (Wildman–Crippen MR) is 124 cm³/mol. The number of aromatic nitrogens is 2. The van der Waals surface area contributed by atoms with Gasteiger partial charge in [0.2, 0.25) is 5.91 Å². The van der Waals surface area contributed by atoms with E-state index in [-0.39, 0.29) is 18.0 Å². The quantitative estimate of drug-likeness (QED) is 0.290. The van der Waals surface area contributed by atoms with Crippen molar-refractivity contribution in [2.24, 2.45) is 0 Å². The molecule has 1 amide bonds. The molecule has 0 aliphatic heterocycles. The molecule has 0 aliphatic rings. The van der Waals surface area contributed by atoms with E-state index in [0.717, 1.165) is 40.2 Å². The van der Waals surface area contributed by atoms with Gasteiger partial charge in [0, 0.05) is 24.6 Å². The van der Waals surface area contributed by atoms with Gasteiger partial charge in [-0.25, -0.2) is 9.78 Å². The highest BCUT2D eigenvalue weighted by Crippen LogP contribution is 2.37. The summed E-state index contributed by atoms with van der Waals surface area (Å²) >= 11 is 7.57. The third-order valence-electron chi connectivity index (χ3n) is 4.68. The monoisotopic (exact) mass is 490 g/mol. The largest absolute Gasteiger partial charge is 0.465 e. The van der Waals surface area contributed by atoms with Crippen LogP contribution in [-0.2, 0) is 16.1 Å². The number of pyridine rings is 1. The van der Waals surface area contributed by atoms with Crippen LogP contribution in [0.15, 0.2) is 34.6 Å². The number of methoxy groups -OCH3 is 1. The molecule has 2 aromatic heterocycles. The summed E-state index contributed by atoms with van der Waals surface area (Å²) in [5, 5.41) is 13.6. The molecule has 2 heterocycles. The van der Waals surface area contributed by atoms with Crippen molar-refractivity contribution in [1.29, 1.82) is 0 Å². The smallest absolute Gasteiger partial charge is 0.339 e. The second kappa shape index (κ2) is 9.51. The van der Waals surface area contributed by atoms with Crippen LogP contribution in [-0.4, -0.2) is 33.5 Å². The van der Waals surface area contributed by atoms with Crippen LogP contribution in [0.3, 0.4) is 0 Å². The van der Waals surface area contributed by atoms with Gasteiger partial charge >= 0.3 is 17.2 Å². The topological polar surface area (TPSA) is 125 Å². The second-order valence-corrected chi connectivity index (χ2v) is 8.43. The summed E-state index contributed by atoms with van der Waals surface area (Å²) in [6.07, 6.45) is 1.17. The van der Waals surface area contributed by atoms with Crippen LogP contribution < -0.4 is 10.5 Å². The van der Waals surface area contributed by atoms with E-state index in [4.69, 9.17) is 11.6 Å². The lowest BCUT2D eigenvalue weighted by molar-refractivity contribution is -0.386. The number of hydrogen-bond acceptors (Lipinski definition) is 8. The summed E-state index contributed by atoms with van der Waals surface area (Å²) in [7, 11) is 1.13. The number of aryl methyl sites for hydroxylation is 2. The summed E-state index contributed by atoms with van der Waals surface area (Å²) in [4.78, 5) is 53.1. The first-order valence-corrected chi connectivity index (χ1v) is 10.8. The van der Waals surface area contributed by atoms with Crippen molar-refractivity contribution in [1.82, 2.24) is 9.55 Å². The third-order valence-corrected chi connectivity index (χ3v) is 5.85. The number of amides is 1. The standard InChI is InChI=1S/C21H19ClN4O6S/c1-11-5-12(2)18(16(22)6-11)25(13(3)27)21-23-15(10-33-21)9-24-8-14(20(29)32-4)7-17(19(24)28)26(30)31/h5-8,10H,9H2,1-4H3. The van der Waals surface area contributed by atoms with E-state index in [1.165, 1.54) is 18.0 Å². The molecule has 1 aromatic carbocycles. The molecule has 0 saturated carbocycles. The van der Waals surface area contributed by atoms with Crippen LogP contribution in [0.25, 0.3) is 0 Å². The number of carbonyl (C=O) groups is 2. The summed E-state index contributed by atoms with van der Waals surface area (Å²) < 4.78 is 5.62. The molecule has 172 valence electrons. The Hall–Kier alpha value is -3.57. The van der Waals surface area contributed by atoms with Crippen LogP contribution >= 0.6 is 22.9 Å². The Labute approximate surface area is 197 Å². The van der Waals surface area contributed by atoms with Crippen molar-refractivity contribution in [3.8, 4) is 0 Å². The lowest BCUT2D eigenvalue weighted by atomic mass is 10.1. The zero-order valence-corrected chi connectivity index (χ0v) is 19.7. The predicted octanol–water partition coefficient (Wildman–Crippen LogP) is 4.00. The minimum Gasteiger partial charge on any atom is -0.465 e. The molecule has 33 heavy (non-hydrogen) atoms. The molecule has 0 bridgehead atoms. The fraction of sp³-hybridized carbons (Fsp3) is 0.238. The summed E-state index contributed by atoms with van der Waals surface area (Å²) in [6.45, 7) is 4.94. The van der Waals surface area contributed by atoms with Crippen molar-refractivity contribution >= 4 is 51.3 Å². The van der Waals surface area contributed by atoms with Gasteiger partial charge in [0.05, 0.1) is 40.5 Å². The average Bonchev–Trinajstić information content (AvgIpc) is 3.18. The van der Waals surface area contributed by atoms with E-state index in [1.807, 2.05) is 19.9 Å². The maximum atomic E-state index is 12.5. The van der Waals surface area contributed by atoms with Crippen molar-refractivity contribution in [3.63, 3.8) is 0 Å². The van der Waals surface area contributed by atoms with Crippen molar-refractivity contribution in [2.45, 2.75) is 27.3 Å². The lowest BCUT2D eigenvalue weighted by Crippen LogP contribution is -2.25. The Balaban J connectivity index is 2.04. The molecule has 0 unspecified atom stereocenters. The van der Waals surface area contributed by atoms with E-state index in [1.54, 1.807) is 11.4 Å². The maximum absolute atomic E-state index is 12.5. The number of anilines is 2. The Morgan fingerprint density at radius 3 is 2.58 bits per heavy atom. The van der Waals surface area contributed by atoms with Crippen molar-refractivity contribution < 1.29 is 19.2 Å². The Morgan fingerprint density at radius 2 is 2.00 bits per heavy atom. The lowest BCUT2D eigenvalue weighted by Gasteiger charge is -2.22. The van der Waals surface area contributed by atoms with E-state index in [9.17, 15) is 24.5 Å². The van der Waals surface area contributed by atoms with Gasteiger partial charge in [-0.3, -0.25) is 24.6 Å². The van der Waals surface area contributed by atoms with E-state index < -0.39 is 22.1 Å². The Morgan fingerprint density at radius 1 is 1.30 bits per heavy atom. The van der Waals surface area contributed by atoms with Gasteiger partial charge < -0.3 is 9.30 Å². The first-order valence-electron chi connectivity index (χ1n) is 9.52. The molecule has 0 fully saturated rings. The molecule has 10 nitrogen and oxygen atoms in total. The van der Waals surface area contributed by atoms with Crippen LogP contribution in [0.2, 0.25) is 5.02 Å². The molecule has 0 aliphatic carbocycles. The molecule has 0 N–H and O–H groups in total. The van der Waals surface area contributed by atoms with Gasteiger partial charge in [0.1, 0.15) is 0 Å². The van der Waals surface area contributed by atoms with E-state index >= 15 is 0 Å². The fourth-order valence-electron chi connectivity index (χ4n) is 3.32. The number of hydrogen-bond donors (Lipinski definition) is 0. The highest BCUT2D eigenvalue weighted by atomic mass is 35.5. The van der Waals surface area contributed by atoms with Gasteiger partial charge in [-0.15, -0.1) is 11.3 Å². The Bertz CT molecular complexity index is 1310. The fourth-order valence-corrected chi connectivity index (χ4v) is 4.59. The zero-order valence-electron chi connectivity index (χ0n) is 18.1. The van der Waals surface area contributed by atoms with Gasteiger partial charge in [-0.2, -0.15) is 0 Å². The number of benzene rings is 1. The number of thiazole rings is 1. The summed E-state index contributed by atoms with van der Waals surface area (Å²) in [5.41, 5.74) is 0.771. The van der Waals surface area contributed by atoms with Crippen LogP contribution in [0.5, 0.6) is 0 Å². The number of esters is 1. The van der Waals surface area contributed by atoms with Gasteiger partial charge in [0.15, 0.2) is 5.13 Å². The summed E-state index contributed by atoms with van der Waals surface area (Å²) in [5.74, 6) is -1.14. The molecule has 0 spiro atoms. The van der Waals surface area contributed by atoms with Crippen molar-refractivity contribution in [2.75, 3.05) is 12.0 Å². The average molecular weight is 491 g/mol. The minimum absolute atomic E-state index is 0.147. The maximum Gasteiger partial charge on any atom is 0.339 e. The first kappa shape index (κ1) is 24.1. The van der Waals surface area contributed by atoms with Gasteiger partial charge in [-0.1, -0.05) is 17.7 Å². The van der Waals surface area contributed by atoms with Crippen LogP contribution in [0.1, 0.15) is 34.1 Å². The number of nitro groups is 1. The number of carbonyl (C=O) groups excluding carboxylic acids is 2. The molecule has 3 aromatic rings. The molecule has 0 saturated heterocycles. The SMILES string of the molecule is COC(=O)c1cc([N+](=O)[O-])c(=O)n(Cc2csc(N(C(C)=O)c3c(C)cc(C)cc3Cl)n2)c1. The van der Waals surface area contributed by atoms with E-state index in [2.05, 4.69) is 9.72 Å². The van der Waals surface area contributed by atoms with Crippen LogP contribution in [0, 0.1) is 24.0 Å². The number of nitrogens with zero attached hydrogens (tertiary/aromatic N) is 4. The third kappa shape index (κ3) is 4.94. The molecular formula is C21H19ClN4O6S. The molecule has 3 rings (SSSR count). The van der Waals surface area contributed by atoms with Gasteiger partial charge in [-0.05, 0) is 31.0 Å². The second-order valence-electron chi connectivity index (χ2n) is 7.18. The Kier molecular flexibility index (Phi) is 6.94. The highest BCUT2D eigenvalue weighted by molar-refractivity contribution is 7.14. The zero-order chi connectivity index (χ0) is 24.4. The normalized spacial score (nSPS) is 10.7. The molecule has 12 heteroatoms. The highest BCUT2D eigenvalue weighted by Gasteiger charge is 2.24. The number of rotatable bonds is 6. The summed E-state index contributed by atoms with van der Waals surface area (Å²) in [6, 6.07) is 4.50. The van der Waals surface area contributed by atoms with E-state index in [0.29, 0.717) is 21.5 Å². The van der Waals surface area contributed by atoms with Crippen LogP contribution in [0.4, 0.5) is 16.5 Å². The molecule has 0 atom stereocenters. The number of halogens is 1. The first-order chi connectivity index (χ1) is 15.5.